The highest BCUT2D eigenvalue weighted by atomic mass is 35.5. The third-order valence-corrected chi connectivity index (χ3v) is 1.47. The summed E-state index contributed by atoms with van der Waals surface area (Å²) < 4.78 is 0. The minimum atomic E-state index is 0.0185. The van der Waals surface area contributed by atoms with Gasteiger partial charge in [-0.25, -0.2) is 0 Å². The Labute approximate surface area is 45.7 Å². The van der Waals surface area contributed by atoms with Crippen molar-refractivity contribution >= 4 is 23.4 Å². The third kappa shape index (κ3) is 0.820. The molecule has 3 heteroatoms. The molecule has 1 radical (unpaired) electrons. The summed E-state index contributed by atoms with van der Waals surface area (Å²) in [5, 5.41) is 4.55. The molecule has 1 N–H and O–H groups in total. The lowest BCUT2D eigenvalue weighted by molar-refractivity contribution is 0.989. The first-order valence-corrected chi connectivity index (χ1v) is 2.90. The fourth-order valence-electron chi connectivity index (χ4n) is 0.227. The summed E-state index contributed by atoms with van der Waals surface area (Å²) in [6, 6.07) is 0. The van der Waals surface area contributed by atoms with E-state index < -0.39 is 0 Å². The van der Waals surface area contributed by atoms with Gasteiger partial charge < -0.3 is 5.32 Å². The highest BCUT2D eigenvalue weighted by molar-refractivity contribution is 8.03. The van der Waals surface area contributed by atoms with Crippen LogP contribution in [0.3, 0.4) is 0 Å². The molecule has 1 atom stereocenters. The molecule has 1 aliphatic heterocycles. The number of rotatable bonds is 0. The molecule has 0 saturated carbocycles. The van der Waals surface area contributed by atoms with Gasteiger partial charge in [0.25, 0.3) is 0 Å². The molecule has 0 saturated heterocycles. The van der Waals surface area contributed by atoms with E-state index in [4.69, 9.17) is 11.6 Å². The van der Waals surface area contributed by atoms with Crippen LogP contribution < -0.4 is 5.32 Å². The Morgan fingerprint density at radius 2 is 2.83 bits per heavy atom. The van der Waals surface area contributed by atoms with E-state index in [-0.39, 0.29) is 4.83 Å². The first kappa shape index (κ1) is 4.34. The standard InChI is InChI=1S/C3H3ClNS/c4-3-5-1-2-6-3/h2-3,5H. The average Bonchev–Trinajstić information content (AvgIpc) is 1.86. The fourth-order valence-corrected chi connectivity index (χ4v) is 0.836. The molecular weight excluding hydrogens is 118 g/mol. The van der Waals surface area contributed by atoms with E-state index in [0.717, 1.165) is 0 Å². The quantitative estimate of drug-likeness (QED) is 0.380. The van der Waals surface area contributed by atoms with Gasteiger partial charge in [-0.1, -0.05) is 23.4 Å². The monoisotopic (exact) mass is 120 g/mol. The summed E-state index contributed by atoms with van der Waals surface area (Å²) in [5.41, 5.74) is 0. The second-order valence-electron chi connectivity index (χ2n) is 0.859. The normalized spacial score (nSPS) is 30.5. The molecular formula is C3H3ClNS. The van der Waals surface area contributed by atoms with Crippen LogP contribution in [0.4, 0.5) is 0 Å². The lowest BCUT2D eigenvalue weighted by Crippen LogP contribution is -2.06. The minimum absolute atomic E-state index is 0.0185. The Bertz CT molecular complexity index is 65.2. The van der Waals surface area contributed by atoms with Crippen LogP contribution in [0.25, 0.3) is 0 Å². The maximum Gasteiger partial charge on any atom is 0.152 e. The Balaban J connectivity index is 2.32. The molecule has 6 heavy (non-hydrogen) atoms. The van der Waals surface area contributed by atoms with Gasteiger partial charge in [0.1, 0.15) is 0 Å². The van der Waals surface area contributed by atoms with Gasteiger partial charge in [0, 0.05) is 0 Å². The lowest BCUT2D eigenvalue weighted by atomic mass is 11.0. The minimum Gasteiger partial charge on any atom is -0.359 e. The summed E-state index contributed by atoms with van der Waals surface area (Å²) in [6.45, 7) is 0. The van der Waals surface area contributed by atoms with Gasteiger partial charge in [0.2, 0.25) is 0 Å². The molecule has 33 valence electrons. The second-order valence-corrected chi connectivity index (χ2v) is 2.53. The molecule has 1 rings (SSSR count). The van der Waals surface area contributed by atoms with Crippen LogP contribution in [0.2, 0.25) is 0 Å². The number of hydrogen-bond donors (Lipinski definition) is 1. The predicted molar refractivity (Wildman–Crippen MR) is 28.2 cm³/mol. The number of halogens is 1. The van der Waals surface area contributed by atoms with E-state index in [1.807, 2.05) is 0 Å². The van der Waals surface area contributed by atoms with E-state index in [2.05, 4.69) is 11.5 Å². The largest absolute Gasteiger partial charge is 0.359 e. The Kier molecular flexibility index (Phi) is 1.27. The molecule has 0 aromatic rings. The van der Waals surface area contributed by atoms with Gasteiger partial charge in [-0.15, -0.1) is 0 Å². The molecule has 1 aliphatic rings. The number of nitrogens with one attached hydrogen (secondary N) is 1. The van der Waals surface area contributed by atoms with Crippen molar-refractivity contribution in [1.29, 1.82) is 0 Å². The first-order valence-electron chi connectivity index (χ1n) is 1.52. The van der Waals surface area contributed by atoms with E-state index in [9.17, 15) is 0 Å². The smallest absolute Gasteiger partial charge is 0.152 e. The van der Waals surface area contributed by atoms with Crippen molar-refractivity contribution in [2.24, 2.45) is 0 Å². The predicted octanol–water partition coefficient (Wildman–Crippen LogP) is 1.12. The lowest BCUT2D eigenvalue weighted by Gasteiger charge is -1.92. The average molecular weight is 121 g/mol. The van der Waals surface area contributed by atoms with Crippen molar-refractivity contribution in [3.05, 3.63) is 11.6 Å². The van der Waals surface area contributed by atoms with Crippen LogP contribution >= 0.6 is 23.4 Å². The molecule has 1 unspecified atom stereocenters. The van der Waals surface area contributed by atoms with E-state index >= 15 is 0 Å². The molecule has 0 aliphatic carbocycles. The summed E-state index contributed by atoms with van der Waals surface area (Å²) in [6.07, 6.45) is 2.73. The van der Waals surface area contributed by atoms with E-state index in [1.54, 1.807) is 5.41 Å². The molecule has 0 amide bonds. The zero-order valence-corrected chi connectivity index (χ0v) is 4.51. The van der Waals surface area contributed by atoms with Crippen molar-refractivity contribution in [2.75, 3.05) is 0 Å². The molecule has 0 spiro atoms. The summed E-state index contributed by atoms with van der Waals surface area (Å²) in [5.74, 6) is 0. The topological polar surface area (TPSA) is 12.0 Å². The number of thioether (sulfide) groups is 1. The zero-order valence-electron chi connectivity index (χ0n) is 2.94. The summed E-state index contributed by atoms with van der Waals surface area (Å²) >= 11 is 6.99. The van der Waals surface area contributed by atoms with Crippen LogP contribution in [-0.4, -0.2) is 4.83 Å². The van der Waals surface area contributed by atoms with Crippen LogP contribution in [0, 0.1) is 6.20 Å². The third-order valence-electron chi connectivity index (χ3n) is 0.443. The van der Waals surface area contributed by atoms with Crippen molar-refractivity contribution in [1.82, 2.24) is 5.32 Å². The Hall–Kier alpha value is 0.180. The zero-order chi connectivity index (χ0) is 4.41. The van der Waals surface area contributed by atoms with Crippen molar-refractivity contribution < 1.29 is 0 Å². The Morgan fingerprint density at radius 1 is 2.00 bits per heavy atom. The second kappa shape index (κ2) is 1.76. The summed E-state index contributed by atoms with van der Waals surface area (Å²) in [4.78, 5) is 0.0185. The van der Waals surface area contributed by atoms with Crippen molar-refractivity contribution in [3.63, 3.8) is 0 Å². The molecule has 0 fully saturated rings. The first-order chi connectivity index (χ1) is 2.89. The highest BCUT2D eigenvalue weighted by Crippen LogP contribution is 2.16. The van der Waals surface area contributed by atoms with Crippen LogP contribution in [0.1, 0.15) is 0 Å². The maximum atomic E-state index is 5.47. The highest BCUT2D eigenvalue weighted by Gasteiger charge is 2.02. The van der Waals surface area contributed by atoms with E-state index in [0.29, 0.717) is 0 Å². The van der Waals surface area contributed by atoms with Crippen LogP contribution in [-0.2, 0) is 0 Å². The van der Waals surface area contributed by atoms with Gasteiger partial charge in [0.15, 0.2) is 4.83 Å². The molecule has 0 bridgehead atoms. The molecule has 1 heterocycles. The molecule has 1 nitrogen and oxygen atoms in total. The summed E-state index contributed by atoms with van der Waals surface area (Å²) in [7, 11) is 0. The van der Waals surface area contributed by atoms with Crippen molar-refractivity contribution in [2.45, 2.75) is 4.83 Å². The number of alkyl halides is 1. The van der Waals surface area contributed by atoms with Gasteiger partial charge >= 0.3 is 0 Å². The van der Waals surface area contributed by atoms with Crippen molar-refractivity contribution in [3.8, 4) is 0 Å². The number of hydrogen-bond acceptors (Lipinski definition) is 2. The SMILES string of the molecule is ClC1N[C]=CS1. The molecule has 0 aromatic carbocycles. The van der Waals surface area contributed by atoms with Gasteiger partial charge in [-0.3, -0.25) is 0 Å². The van der Waals surface area contributed by atoms with Crippen LogP contribution in [0.15, 0.2) is 5.41 Å². The fraction of sp³-hybridized carbons (Fsp3) is 0.333. The van der Waals surface area contributed by atoms with Gasteiger partial charge in [-0.05, 0) is 5.41 Å². The Morgan fingerprint density at radius 3 is 3.00 bits per heavy atom. The van der Waals surface area contributed by atoms with Crippen LogP contribution in [0.5, 0.6) is 0 Å². The van der Waals surface area contributed by atoms with Gasteiger partial charge in [0.05, 0.1) is 6.20 Å². The van der Waals surface area contributed by atoms with Gasteiger partial charge in [-0.2, -0.15) is 0 Å². The molecule has 0 aromatic heterocycles. The van der Waals surface area contributed by atoms with E-state index in [1.165, 1.54) is 11.8 Å². The maximum absolute atomic E-state index is 5.47.